The van der Waals surface area contributed by atoms with Gasteiger partial charge >= 0.3 is 12.5 Å². The maximum atomic E-state index is 15.8. The number of alkyl carbamates (subject to hydrolysis) is 1. The molecule has 3 fully saturated rings. The number of piperazine rings is 1. The first-order valence-corrected chi connectivity index (χ1v) is 22.9. The summed E-state index contributed by atoms with van der Waals surface area (Å²) in [4.78, 5) is 70.8. The van der Waals surface area contributed by atoms with E-state index in [0.29, 0.717) is 98.6 Å². The van der Waals surface area contributed by atoms with Crippen LogP contribution < -0.4 is 20.3 Å². The quantitative estimate of drug-likeness (QED) is 0.121. The lowest BCUT2D eigenvalue weighted by Gasteiger charge is -2.38. The van der Waals surface area contributed by atoms with E-state index in [1.54, 1.807) is 40.1 Å². The van der Waals surface area contributed by atoms with Crippen LogP contribution in [0.3, 0.4) is 0 Å². The first-order valence-electron chi connectivity index (χ1n) is 22.9. The molecule has 0 radical (unpaired) electrons. The molecule has 8 rings (SSSR count). The van der Waals surface area contributed by atoms with Gasteiger partial charge in [0, 0.05) is 74.6 Å². The second-order valence-corrected chi connectivity index (χ2v) is 18.2. The third kappa shape index (κ3) is 10.9. The number of carbonyl (C=O) groups excluding carboxylic acids is 4. The standard InChI is InChI=1S/C47H52F4N8O7.C2H6/c1-26-20-36(59(25-26)43(61)39(56-45(63)64-5)27-12-18-65-19-13-27)41-53-34-10-7-28-21-29(6-9-31(28)40(34)55-41)32-22-33(48)35(23-37(32)66-47(49,50)51)54-42(60)30-8-11-38(52-24-30)57-14-16-58(17-15-57)44(62)46(2,3)4;1-2/h6-11,21-24,26-27,36,39H,12-20,25H2,1-5H3,(H,53,55)(H,54,60)(H,56,63);1-2H3. The van der Waals surface area contributed by atoms with E-state index in [1.807, 2.05) is 46.4 Å². The van der Waals surface area contributed by atoms with Crippen molar-refractivity contribution in [3.63, 3.8) is 0 Å². The minimum Gasteiger partial charge on any atom is -0.453 e. The van der Waals surface area contributed by atoms with Crippen LogP contribution in [0, 0.1) is 23.1 Å². The van der Waals surface area contributed by atoms with Crippen molar-refractivity contribution >= 4 is 57.1 Å². The highest BCUT2D eigenvalue weighted by molar-refractivity contribution is 6.06. The number of hydrogen-bond acceptors (Lipinski definition) is 10. The molecule has 19 heteroatoms. The molecule has 3 aliphatic rings. The molecule has 4 amide bonds. The Morgan fingerprint density at radius 1 is 0.941 bits per heavy atom. The van der Waals surface area contributed by atoms with E-state index < -0.39 is 53.1 Å². The summed E-state index contributed by atoms with van der Waals surface area (Å²) in [6.07, 6.45) is -2.75. The number of ether oxygens (including phenoxy) is 3. The first kappa shape index (κ1) is 49.4. The van der Waals surface area contributed by atoms with Crippen molar-refractivity contribution in [2.24, 2.45) is 17.3 Å². The van der Waals surface area contributed by atoms with Crippen molar-refractivity contribution < 1.29 is 51.0 Å². The number of amides is 4. The Morgan fingerprint density at radius 2 is 1.66 bits per heavy atom. The SMILES string of the molecule is CC.COC(=O)NC(C(=O)N1CC(C)CC1c1nc2c(ccc3cc(-c4cc(F)c(NC(=O)c5ccc(N6CCN(C(=O)C(C)(C)C)CC6)nc5)cc4OC(F)(F)F)ccc32)[nH]1)C1CCOCC1. The molecule has 3 aromatic carbocycles. The van der Waals surface area contributed by atoms with Gasteiger partial charge in [0.25, 0.3) is 5.91 Å². The number of imidazole rings is 1. The van der Waals surface area contributed by atoms with Crippen LogP contribution in [-0.2, 0) is 19.1 Å². The number of alkyl halides is 3. The Bertz CT molecular complexity index is 2640. The summed E-state index contributed by atoms with van der Waals surface area (Å²) in [6.45, 7) is 15.1. The van der Waals surface area contributed by atoms with Gasteiger partial charge in [-0.1, -0.05) is 59.7 Å². The largest absolute Gasteiger partial charge is 0.573 e. The zero-order valence-electron chi connectivity index (χ0n) is 39.3. The van der Waals surface area contributed by atoms with Crippen LogP contribution in [0.4, 0.5) is 33.9 Å². The van der Waals surface area contributed by atoms with Gasteiger partial charge in [0.05, 0.1) is 35.4 Å². The number of H-pyrrole nitrogens is 1. The lowest BCUT2D eigenvalue weighted by Crippen LogP contribution is -2.53. The summed E-state index contributed by atoms with van der Waals surface area (Å²) in [5.41, 5.74) is 0.222. The van der Waals surface area contributed by atoms with Gasteiger partial charge in [0.15, 0.2) is 0 Å². The lowest BCUT2D eigenvalue weighted by atomic mass is 9.90. The summed E-state index contributed by atoms with van der Waals surface area (Å²) in [5, 5.41) is 6.35. The molecule has 0 spiro atoms. The number of aromatic amines is 1. The van der Waals surface area contributed by atoms with Crippen molar-refractivity contribution in [2.45, 2.75) is 79.3 Å². The van der Waals surface area contributed by atoms with Gasteiger partial charge < -0.3 is 44.5 Å². The van der Waals surface area contributed by atoms with Crippen LogP contribution in [-0.4, -0.2) is 114 Å². The van der Waals surface area contributed by atoms with Gasteiger partial charge in [-0.25, -0.2) is 19.2 Å². The smallest absolute Gasteiger partial charge is 0.453 e. The number of nitrogens with one attached hydrogen (secondary N) is 3. The number of anilines is 2. The van der Waals surface area contributed by atoms with Crippen molar-refractivity contribution in [1.29, 1.82) is 0 Å². The molecule has 3 saturated heterocycles. The van der Waals surface area contributed by atoms with E-state index >= 15 is 4.39 Å². The number of likely N-dealkylation sites (tertiary alicyclic amines) is 1. The summed E-state index contributed by atoms with van der Waals surface area (Å²) in [6, 6.07) is 11.9. The number of methoxy groups -OCH3 is 1. The summed E-state index contributed by atoms with van der Waals surface area (Å²) >= 11 is 0. The number of hydrogen-bond donors (Lipinski definition) is 3. The molecule has 364 valence electrons. The average molecular weight is 947 g/mol. The number of halogens is 4. The topological polar surface area (TPSA) is 171 Å². The maximum Gasteiger partial charge on any atom is 0.573 e. The summed E-state index contributed by atoms with van der Waals surface area (Å²) in [5.74, 6) is -1.63. The Morgan fingerprint density at radius 3 is 2.31 bits per heavy atom. The van der Waals surface area contributed by atoms with Crippen molar-refractivity contribution in [3.05, 3.63) is 78.0 Å². The molecule has 0 saturated carbocycles. The zero-order valence-corrected chi connectivity index (χ0v) is 39.3. The van der Waals surface area contributed by atoms with E-state index in [1.165, 1.54) is 25.4 Å². The van der Waals surface area contributed by atoms with Crippen molar-refractivity contribution in [3.8, 4) is 16.9 Å². The minimum atomic E-state index is -5.15. The molecule has 3 N–H and O–H groups in total. The molecule has 5 aromatic rings. The highest BCUT2D eigenvalue weighted by Crippen LogP contribution is 2.41. The Hall–Kier alpha value is -6.50. The number of aromatic nitrogens is 3. The minimum absolute atomic E-state index is 0.0425. The van der Waals surface area contributed by atoms with Crippen LogP contribution in [0.2, 0.25) is 0 Å². The van der Waals surface area contributed by atoms with Crippen LogP contribution in [0.25, 0.3) is 32.9 Å². The molecular weight excluding hydrogens is 889 g/mol. The van der Waals surface area contributed by atoms with E-state index in [4.69, 9.17) is 14.5 Å². The summed E-state index contributed by atoms with van der Waals surface area (Å²) < 4.78 is 72.2. The summed E-state index contributed by atoms with van der Waals surface area (Å²) in [7, 11) is 1.25. The van der Waals surface area contributed by atoms with Gasteiger partial charge in [0.1, 0.15) is 29.3 Å². The van der Waals surface area contributed by atoms with Gasteiger partial charge in [-0.2, -0.15) is 0 Å². The third-order valence-electron chi connectivity index (χ3n) is 12.5. The van der Waals surface area contributed by atoms with Crippen molar-refractivity contribution in [1.82, 2.24) is 30.1 Å². The molecule has 2 aromatic heterocycles. The zero-order chi connectivity index (χ0) is 49.1. The first-order chi connectivity index (χ1) is 32.4. The molecule has 3 atom stereocenters. The number of nitrogens with zero attached hydrogens (tertiary/aromatic N) is 5. The van der Waals surface area contributed by atoms with Gasteiger partial charge in [-0.05, 0) is 72.4 Å². The van der Waals surface area contributed by atoms with E-state index in [0.717, 1.165) is 12.1 Å². The molecule has 3 aliphatic heterocycles. The highest BCUT2D eigenvalue weighted by Gasteiger charge is 2.42. The van der Waals surface area contributed by atoms with Crippen LogP contribution in [0.15, 0.2) is 60.8 Å². The number of fused-ring (bicyclic) bond motifs is 3. The fourth-order valence-electron chi connectivity index (χ4n) is 9.09. The molecular formula is C49H58F4N8O7. The number of pyridine rings is 1. The second-order valence-electron chi connectivity index (χ2n) is 18.2. The van der Waals surface area contributed by atoms with Gasteiger partial charge in [-0.15, -0.1) is 13.2 Å². The maximum absolute atomic E-state index is 15.8. The molecule has 0 aliphatic carbocycles. The number of benzene rings is 3. The Balaban J connectivity index is 0.00000338. The number of rotatable bonds is 9. The monoisotopic (exact) mass is 946 g/mol. The van der Waals surface area contributed by atoms with E-state index in [9.17, 15) is 32.3 Å². The predicted octanol–water partition coefficient (Wildman–Crippen LogP) is 8.85. The molecule has 3 unspecified atom stereocenters. The van der Waals surface area contributed by atoms with E-state index in [-0.39, 0.29) is 40.3 Å². The third-order valence-corrected chi connectivity index (χ3v) is 12.5. The second kappa shape index (κ2) is 20.4. The molecule has 0 bridgehead atoms. The van der Waals surface area contributed by atoms with Crippen LogP contribution >= 0.6 is 0 Å². The average Bonchev–Trinajstić information content (AvgIpc) is 3.95. The molecule has 68 heavy (non-hydrogen) atoms. The Kier molecular flexibility index (Phi) is 14.8. The van der Waals surface area contributed by atoms with Crippen LogP contribution in [0.5, 0.6) is 5.75 Å². The number of carbonyl (C=O) groups is 4. The fourth-order valence-corrected chi connectivity index (χ4v) is 9.09. The van der Waals surface area contributed by atoms with Gasteiger partial charge in [-0.3, -0.25) is 14.4 Å². The van der Waals surface area contributed by atoms with Crippen LogP contribution in [0.1, 0.15) is 83.0 Å². The molecule has 5 heterocycles. The predicted molar refractivity (Wildman–Crippen MR) is 249 cm³/mol. The Labute approximate surface area is 391 Å². The van der Waals surface area contributed by atoms with Crippen molar-refractivity contribution in [2.75, 3.05) is 63.3 Å². The van der Waals surface area contributed by atoms with E-state index in [2.05, 4.69) is 25.3 Å². The fraction of sp³-hybridized carbons (Fsp3) is 0.469. The molecule has 15 nitrogen and oxygen atoms in total. The normalized spacial score (nSPS) is 18.5. The lowest BCUT2D eigenvalue weighted by molar-refractivity contribution is -0.274. The van der Waals surface area contributed by atoms with Gasteiger partial charge in [0.2, 0.25) is 11.8 Å². The highest BCUT2D eigenvalue weighted by atomic mass is 19.4.